The minimum atomic E-state index is -4.43. The molecule has 19 heavy (non-hydrogen) atoms. The number of benzene rings is 1. The van der Waals surface area contributed by atoms with Crippen molar-refractivity contribution >= 4 is 22.0 Å². The van der Waals surface area contributed by atoms with E-state index in [0.717, 1.165) is 10.5 Å². The third-order valence-corrected chi connectivity index (χ3v) is 3.09. The highest BCUT2D eigenvalue weighted by Gasteiger charge is 2.34. The zero-order valence-electron chi connectivity index (χ0n) is 10.7. The molecule has 1 aromatic rings. The van der Waals surface area contributed by atoms with Crippen LogP contribution in [0.25, 0.3) is 6.08 Å². The van der Waals surface area contributed by atoms with Crippen molar-refractivity contribution in [1.82, 2.24) is 0 Å². The molecule has 0 nitrogen and oxygen atoms in total. The molecule has 0 amide bonds. The Bertz CT molecular complexity index is 438. The molecule has 106 valence electrons. The van der Waals surface area contributed by atoms with Crippen molar-refractivity contribution in [3.63, 3.8) is 0 Å². The minimum Gasteiger partial charge on any atom is -0.244 e. The number of rotatable bonds is 4. The SMILES string of the molecule is CC(C)(F)CC/C(=C/c1ccc(Br)cc1)C(F)(F)F. The van der Waals surface area contributed by atoms with Crippen molar-refractivity contribution in [2.24, 2.45) is 0 Å². The predicted molar refractivity (Wildman–Crippen MR) is 72.6 cm³/mol. The highest BCUT2D eigenvalue weighted by Crippen LogP contribution is 2.33. The molecule has 0 heterocycles. The van der Waals surface area contributed by atoms with Gasteiger partial charge in [0.1, 0.15) is 5.67 Å². The smallest absolute Gasteiger partial charge is 0.244 e. The zero-order chi connectivity index (χ0) is 14.7. The van der Waals surface area contributed by atoms with Gasteiger partial charge < -0.3 is 0 Å². The molecule has 0 aromatic heterocycles. The van der Waals surface area contributed by atoms with E-state index in [9.17, 15) is 17.6 Å². The highest BCUT2D eigenvalue weighted by molar-refractivity contribution is 9.10. The second-order valence-electron chi connectivity index (χ2n) is 4.94. The van der Waals surface area contributed by atoms with Crippen molar-refractivity contribution in [3.8, 4) is 0 Å². The Hall–Kier alpha value is -0.840. The van der Waals surface area contributed by atoms with Gasteiger partial charge in [-0.15, -0.1) is 0 Å². The summed E-state index contributed by atoms with van der Waals surface area (Å²) in [6.07, 6.45) is -3.85. The molecule has 0 fully saturated rings. The maximum absolute atomic E-state index is 13.3. The van der Waals surface area contributed by atoms with Crippen molar-refractivity contribution in [1.29, 1.82) is 0 Å². The molecule has 0 bridgehead atoms. The van der Waals surface area contributed by atoms with Crippen LogP contribution in [-0.4, -0.2) is 11.8 Å². The second kappa shape index (κ2) is 6.07. The van der Waals surface area contributed by atoms with Gasteiger partial charge in [0.25, 0.3) is 0 Å². The molecule has 0 N–H and O–H groups in total. The number of alkyl halides is 4. The van der Waals surface area contributed by atoms with Crippen molar-refractivity contribution in [2.75, 3.05) is 0 Å². The lowest BCUT2D eigenvalue weighted by Gasteiger charge is -2.17. The molecular formula is C14H15BrF4. The Balaban J connectivity index is 2.94. The molecule has 0 atom stereocenters. The first-order valence-electron chi connectivity index (χ1n) is 5.80. The van der Waals surface area contributed by atoms with E-state index in [1.807, 2.05) is 0 Å². The van der Waals surface area contributed by atoms with Gasteiger partial charge in [-0.1, -0.05) is 28.1 Å². The Morgan fingerprint density at radius 3 is 2.05 bits per heavy atom. The molecule has 0 aliphatic rings. The standard InChI is InChI=1S/C14H15BrF4/c1-13(2,16)8-7-11(14(17,18)19)9-10-3-5-12(15)6-4-10/h3-6,9H,7-8H2,1-2H3/b11-9-. The fourth-order valence-electron chi connectivity index (χ4n) is 1.49. The topological polar surface area (TPSA) is 0 Å². The lowest BCUT2D eigenvalue weighted by molar-refractivity contribution is -0.0938. The first kappa shape index (κ1) is 16.2. The van der Waals surface area contributed by atoms with Crippen LogP contribution in [0.5, 0.6) is 0 Å². The van der Waals surface area contributed by atoms with E-state index < -0.39 is 17.4 Å². The molecule has 1 aromatic carbocycles. The van der Waals surface area contributed by atoms with Gasteiger partial charge in [-0.2, -0.15) is 13.2 Å². The van der Waals surface area contributed by atoms with Gasteiger partial charge in [-0.3, -0.25) is 0 Å². The van der Waals surface area contributed by atoms with E-state index in [1.54, 1.807) is 24.3 Å². The van der Waals surface area contributed by atoms with E-state index in [2.05, 4.69) is 15.9 Å². The van der Waals surface area contributed by atoms with E-state index in [4.69, 9.17) is 0 Å². The van der Waals surface area contributed by atoms with Crippen LogP contribution < -0.4 is 0 Å². The maximum atomic E-state index is 13.3. The average Bonchev–Trinajstić information content (AvgIpc) is 2.23. The third-order valence-electron chi connectivity index (χ3n) is 2.56. The van der Waals surface area contributed by atoms with Crippen molar-refractivity contribution in [3.05, 3.63) is 39.9 Å². The molecule has 0 unspecified atom stereocenters. The van der Waals surface area contributed by atoms with Gasteiger partial charge in [-0.05, 0) is 50.5 Å². The molecule has 0 aliphatic heterocycles. The maximum Gasteiger partial charge on any atom is 0.412 e. The van der Waals surface area contributed by atoms with Crippen LogP contribution in [0.3, 0.4) is 0 Å². The number of hydrogen-bond acceptors (Lipinski definition) is 0. The van der Waals surface area contributed by atoms with Crippen LogP contribution >= 0.6 is 15.9 Å². The van der Waals surface area contributed by atoms with Crippen LogP contribution in [0.1, 0.15) is 32.3 Å². The van der Waals surface area contributed by atoms with Crippen LogP contribution in [-0.2, 0) is 0 Å². The summed E-state index contributed by atoms with van der Waals surface area (Å²) in [7, 11) is 0. The summed E-state index contributed by atoms with van der Waals surface area (Å²) >= 11 is 3.22. The molecule has 0 spiro atoms. The Labute approximate surface area is 118 Å². The summed E-state index contributed by atoms with van der Waals surface area (Å²) in [5.41, 5.74) is -1.86. The molecule has 0 aliphatic carbocycles. The molecular weight excluding hydrogens is 324 g/mol. The fourth-order valence-corrected chi connectivity index (χ4v) is 1.75. The monoisotopic (exact) mass is 338 g/mol. The summed E-state index contributed by atoms with van der Waals surface area (Å²) < 4.78 is 52.7. The van der Waals surface area contributed by atoms with Crippen LogP contribution in [0.15, 0.2) is 34.3 Å². The normalized spacial score (nSPS) is 13.7. The fraction of sp³-hybridized carbons (Fsp3) is 0.429. The lowest BCUT2D eigenvalue weighted by atomic mass is 9.98. The van der Waals surface area contributed by atoms with Crippen LogP contribution in [0, 0.1) is 0 Å². The van der Waals surface area contributed by atoms with E-state index in [0.29, 0.717) is 5.56 Å². The molecule has 1 rings (SSSR count). The largest absolute Gasteiger partial charge is 0.412 e. The van der Waals surface area contributed by atoms with E-state index in [1.165, 1.54) is 13.8 Å². The minimum absolute atomic E-state index is 0.158. The van der Waals surface area contributed by atoms with Gasteiger partial charge in [-0.25, -0.2) is 4.39 Å². The summed E-state index contributed by atoms with van der Waals surface area (Å²) in [4.78, 5) is 0. The summed E-state index contributed by atoms with van der Waals surface area (Å²) in [6, 6.07) is 6.49. The average molecular weight is 339 g/mol. The lowest BCUT2D eigenvalue weighted by Crippen LogP contribution is -2.17. The molecule has 0 saturated carbocycles. The van der Waals surface area contributed by atoms with Crippen molar-refractivity contribution < 1.29 is 17.6 Å². The Morgan fingerprint density at radius 1 is 1.11 bits per heavy atom. The van der Waals surface area contributed by atoms with Gasteiger partial charge in [0, 0.05) is 10.0 Å². The first-order valence-corrected chi connectivity index (χ1v) is 6.59. The summed E-state index contributed by atoms with van der Waals surface area (Å²) in [5, 5.41) is 0. The summed E-state index contributed by atoms with van der Waals surface area (Å²) in [5.74, 6) is 0. The first-order chi connectivity index (χ1) is 8.58. The Kier molecular flexibility index (Phi) is 5.18. The van der Waals surface area contributed by atoms with Gasteiger partial charge >= 0.3 is 6.18 Å². The third kappa shape index (κ3) is 6.23. The summed E-state index contributed by atoms with van der Waals surface area (Å²) in [6.45, 7) is 2.56. The predicted octanol–water partition coefficient (Wildman–Crippen LogP) is 5.92. The number of hydrogen-bond donors (Lipinski definition) is 0. The second-order valence-corrected chi connectivity index (χ2v) is 5.85. The number of halogens is 5. The highest BCUT2D eigenvalue weighted by atomic mass is 79.9. The molecule has 0 saturated heterocycles. The quantitative estimate of drug-likeness (QED) is 0.597. The van der Waals surface area contributed by atoms with E-state index >= 15 is 0 Å². The molecule has 0 radical (unpaired) electrons. The zero-order valence-corrected chi connectivity index (χ0v) is 12.3. The number of allylic oxidation sites excluding steroid dienone is 1. The van der Waals surface area contributed by atoms with Gasteiger partial charge in [0.15, 0.2) is 0 Å². The van der Waals surface area contributed by atoms with E-state index in [-0.39, 0.29) is 12.8 Å². The molecule has 5 heteroatoms. The van der Waals surface area contributed by atoms with Crippen LogP contribution in [0.4, 0.5) is 17.6 Å². The van der Waals surface area contributed by atoms with Crippen molar-refractivity contribution in [2.45, 2.75) is 38.5 Å². The Morgan fingerprint density at radius 2 is 1.63 bits per heavy atom. The van der Waals surface area contributed by atoms with Crippen LogP contribution in [0.2, 0.25) is 0 Å². The van der Waals surface area contributed by atoms with Gasteiger partial charge in [0.2, 0.25) is 0 Å². The van der Waals surface area contributed by atoms with Gasteiger partial charge in [0.05, 0.1) is 0 Å².